The lowest BCUT2D eigenvalue weighted by Crippen LogP contribution is -2.27. The molecule has 0 aliphatic rings. The fraction of sp³-hybridized carbons (Fsp3) is 0.667. The van der Waals surface area contributed by atoms with Crippen LogP contribution in [0, 0.1) is 5.41 Å². The van der Waals surface area contributed by atoms with Gasteiger partial charge in [-0.15, -0.1) is 0 Å². The van der Waals surface area contributed by atoms with E-state index in [0.717, 1.165) is 11.4 Å². The molecule has 0 saturated carbocycles. The minimum absolute atomic E-state index is 0.123. The Hall–Kier alpha value is -1.36. The smallest absolute Gasteiger partial charge is 0.135 e. The van der Waals surface area contributed by atoms with E-state index in [4.69, 9.17) is 5.73 Å². The van der Waals surface area contributed by atoms with Gasteiger partial charge in [-0.3, -0.25) is 0 Å². The quantitative estimate of drug-likeness (QED) is 0.726. The van der Waals surface area contributed by atoms with Gasteiger partial charge in [-0.25, -0.2) is 9.97 Å². The van der Waals surface area contributed by atoms with E-state index < -0.39 is 0 Å². The summed E-state index contributed by atoms with van der Waals surface area (Å²) in [6.07, 6.45) is 1.45. The number of rotatable bonds is 5. The van der Waals surface area contributed by atoms with Crippen LogP contribution in [0.5, 0.6) is 0 Å². The highest BCUT2D eigenvalue weighted by atomic mass is 16.3. The normalized spacial score (nSPS) is 11.9. The molecule has 0 unspecified atom stereocenters. The van der Waals surface area contributed by atoms with Crippen LogP contribution in [0.3, 0.4) is 0 Å². The van der Waals surface area contributed by atoms with E-state index in [0.29, 0.717) is 12.4 Å². The lowest BCUT2D eigenvalue weighted by Gasteiger charge is -2.23. The summed E-state index contributed by atoms with van der Waals surface area (Å²) in [4.78, 5) is 8.22. The van der Waals surface area contributed by atoms with Gasteiger partial charge in [-0.2, -0.15) is 0 Å². The number of nitrogens with zero attached hydrogens (tertiary/aromatic N) is 2. The first kappa shape index (κ1) is 13.7. The Morgan fingerprint density at radius 1 is 1.41 bits per heavy atom. The average molecular weight is 238 g/mol. The zero-order valence-electron chi connectivity index (χ0n) is 11.0. The second-order valence-electron chi connectivity index (χ2n) is 5.35. The van der Waals surface area contributed by atoms with E-state index in [1.807, 2.05) is 13.8 Å². The Morgan fingerprint density at radius 2 is 2.06 bits per heavy atom. The number of anilines is 2. The number of aliphatic hydroxyl groups is 1. The zero-order valence-corrected chi connectivity index (χ0v) is 11.0. The van der Waals surface area contributed by atoms with Crippen LogP contribution >= 0.6 is 0 Å². The molecule has 1 aromatic heterocycles. The van der Waals surface area contributed by atoms with Gasteiger partial charge in [-0.1, -0.05) is 27.7 Å². The molecule has 0 saturated heterocycles. The van der Waals surface area contributed by atoms with E-state index in [1.54, 1.807) is 0 Å². The van der Waals surface area contributed by atoms with Crippen LogP contribution in [0.4, 0.5) is 11.6 Å². The molecule has 5 heteroatoms. The highest BCUT2D eigenvalue weighted by molar-refractivity contribution is 5.56. The van der Waals surface area contributed by atoms with Gasteiger partial charge in [0.2, 0.25) is 0 Å². The van der Waals surface area contributed by atoms with Gasteiger partial charge >= 0.3 is 0 Å². The van der Waals surface area contributed by atoms with Gasteiger partial charge in [-0.05, 0) is 5.92 Å². The minimum Gasteiger partial charge on any atom is -0.396 e. The Labute approximate surface area is 102 Å². The average Bonchev–Trinajstić information content (AvgIpc) is 2.26. The van der Waals surface area contributed by atoms with Crippen molar-refractivity contribution in [3.63, 3.8) is 0 Å². The van der Waals surface area contributed by atoms with Gasteiger partial charge in [0.05, 0.1) is 0 Å². The third-order valence-corrected chi connectivity index (χ3v) is 2.65. The van der Waals surface area contributed by atoms with Crippen molar-refractivity contribution in [1.82, 2.24) is 9.97 Å². The van der Waals surface area contributed by atoms with Gasteiger partial charge in [0, 0.05) is 24.1 Å². The van der Waals surface area contributed by atoms with Crippen molar-refractivity contribution in [1.29, 1.82) is 0 Å². The predicted octanol–water partition coefficient (Wildman–Crippen LogP) is 1.61. The van der Waals surface area contributed by atoms with Gasteiger partial charge in [0.1, 0.15) is 18.0 Å². The van der Waals surface area contributed by atoms with Crippen LogP contribution in [0.1, 0.15) is 39.2 Å². The summed E-state index contributed by atoms with van der Waals surface area (Å²) >= 11 is 0. The number of aromatic nitrogens is 2. The number of hydrogen-bond acceptors (Lipinski definition) is 5. The van der Waals surface area contributed by atoms with Crippen molar-refractivity contribution < 1.29 is 5.11 Å². The summed E-state index contributed by atoms with van der Waals surface area (Å²) in [6, 6.07) is 0. The summed E-state index contributed by atoms with van der Waals surface area (Å²) in [5.74, 6) is 1.53. The van der Waals surface area contributed by atoms with Crippen LogP contribution in [-0.4, -0.2) is 28.2 Å². The Morgan fingerprint density at radius 3 is 2.59 bits per heavy atom. The fourth-order valence-corrected chi connectivity index (χ4v) is 1.50. The molecule has 1 rings (SSSR count). The van der Waals surface area contributed by atoms with Crippen LogP contribution in [-0.2, 0) is 0 Å². The van der Waals surface area contributed by atoms with E-state index in [1.165, 1.54) is 6.33 Å². The molecule has 0 radical (unpaired) electrons. The monoisotopic (exact) mass is 238 g/mol. The molecular weight excluding hydrogens is 216 g/mol. The SMILES string of the molecule is CC(C)c1c(N)ncnc1NCC(C)(C)CO. The molecule has 1 aromatic rings. The van der Waals surface area contributed by atoms with Crippen molar-refractivity contribution in [3.8, 4) is 0 Å². The molecule has 5 nitrogen and oxygen atoms in total. The van der Waals surface area contributed by atoms with Gasteiger partial charge < -0.3 is 16.2 Å². The maximum absolute atomic E-state index is 9.21. The molecule has 0 fully saturated rings. The summed E-state index contributed by atoms with van der Waals surface area (Å²) in [5.41, 5.74) is 6.60. The molecule has 0 aliphatic carbocycles. The minimum atomic E-state index is -0.187. The van der Waals surface area contributed by atoms with E-state index >= 15 is 0 Å². The number of hydrogen-bond donors (Lipinski definition) is 3. The van der Waals surface area contributed by atoms with E-state index in [2.05, 4.69) is 29.1 Å². The molecule has 0 aromatic carbocycles. The van der Waals surface area contributed by atoms with E-state index in [-0.39, 0.29) is 17.9 Å². The molecule has 0 amide bonds. The third kappa shape index (κ3) is 3.56. The Bertz CT molecular complexity index is 377. The Kier molecular flexibility index (Phi) is 4.28. The largest absolute Gasteiger partial charge is 0.396 e. The van der Waals surface area contributed by atoms with Crippen LogP contribution < -0.4 is 11.1 Å². The van der Waals surface area contributed by atoms with Crippen LogP contribution in [0.25, 0.3) is 0 Å². The Balaban J connectivity index is 2.88. The lowest BCUT2D eigenvalue weighted by atomic mass is 9.94. The number of nitrogens with two attached hydrogens (primary N) is 1. The molecule has 0 aliphatic heterocycles. The van der Waals surface area contributed by atoms with Gasteiger partial charge in [0.15, 0.2) is 0 Å². The third-order valence-electron chi connectivity index (χ3n) is 2.65. The molecule has 1 heterocycles. The van der Waals surface area contributed by atoms with Crippen molar-refractivity contribution in [2.24, 2.45) is 5.41 Å². The first-order valence-electron chi connectivity index (χ1n) is 5.82. The number of aliphatic hydroxyl groups excluding tert-OH is 1. The first-order valence-corrected chi connectivity index (χ1v) is 5.82. The highest BCUT2D eigenvalue weighted by Crippen LogP contribution is 2.27. The number of nitrogen functional groups attached to an aromatic ring is 1. The summed E-state index contributed by atoms with van der Waals surface area (Å²) < 4.78 is 0. The maximum Gasteiger partial charge on any atom is 0.135 e. The highest BCUT2D eigenvalue weighted by Gasteiger charge is 2.18. The van der Waals surface area contributed by atoms with Crippen LogP contribution in [0.15, 0.2) is 6.33 Å². The topological polar surface area (TPSA) is 84.1 Å². The molecule has 0 spiro atoms. The molecule has 17 heavy (non-hydrogen) atoms. The number of nitrogens with one attached hydrogen (secondary N) is 1. The molecular formula is C12H22N4O. The second-order valence-corrected chi connectivity index (χ2v) is 5.35. The van der Waals surface area contributed by atoms with E-state index in [9.17, 15) is 5.11 Å². The fourth-order valence-electron chi connectivity index (χ4n) is 1.50. The molecule has 0 atom stereocenters. The van der Waals surface area contributed by atoms with Crippen molar-refractivity contribution >= 4 is 11.6 Å². The van der Waals surface area contributed by atoms with Gasteiger partial charge in [0.25, 0.3) is 0 Å². The maximum atomic E-state index is 9.21. The van der Waals surface area contributed by atoms with Crippen LogP contribution in [0.2, 0.25) is 0 Å². The zero-order chi connectivity index (χ0) is 13.1. The summed E-state index contributed by atoms with van der Waals surface area (Å²) in [7, 11) is 0. The predicted molar refractivity (Wildman–Crippen MR) is 69.9 cm³/mol. The molecule has 4 N–H and O–H groups in total. The summed E-state index contributed by atoms with van der Waals surface area (Å²) in [5, 5.41) is 12.4. The standard InChI is InChI=1S/C12H22N4O/c1-8(2)9-10(13)15-7-16-11(9)14-5-12(3,4)6-17/h7-8,17H,5-6H2,1-4H3,(H3,13,14,15,16). The lowest BCUT2D eigenvalue weighted by molar-refractivity contribution is 0.170. The van der Waals surface area contributed by atoms with Crippen molar-refractivity contribution in [2.45, 2.75) is 33.6 Å². The first-order chi connectivity index (χ1) is 7.87. The second kappa shape index (κ2) is 5.31. The molecule has 0 bridgehead atoms. The van der Waals surface area contributed by atoms with Crippen molar-refractivity contribution in [3.05, 3.63) is 11.9 Å². The molecule has 96 valence electrons. The summed E-state index contributed by atoms with van der Waals surface area (Å²) in [6.45, 7) is 8.84. The van der Waals surface area contributed by atoms with Crippen molar-refractivity contribution in [2.75, 3.05) is 24.2 Å².